The monoisotopic (exact) mass is 721 g/mol. The normalized spacial score (nSPS) is 12.3. The van der Waals surface area contributed by atoms with Crippen LogP contribution in [0.5, 0.6) is 0 Å². The lowest BCUT2D eigenvalue weighted by Gasteiger charge is -2.17. The fraction of sp³-hybridized carbons (Fsp3) is 0.0588. The van der Waals surface area contributed by atoms with Crippen LogP contribution in [0.3, 0.4) is 0 Å². The van der Waals surface area contributed by atoms with E-state index in [1.54, 1.807) is 0 Å². The van der Waals surface area contributed by atoms with Gasteiger partial charge in [-0.05, 0) is 83.9 Å². The van der Waals surface area contributed by atoms with E-state index >= 15 is 0 Å². The highest BCUT2D eigenvalue weighted by molar-refractivity contribution is 6.88. The summed E-state index contributed by atoms with van der Waals surface area (Å²) in [6.45, 7) is 7.22. The molecule has 0 aliphatic heterocycles. The third-order valence-electron chi connectivity index (χ3n) is 11.6. The fourth-order valence-electron chi connectivity index (χ4n) is 8.92. The number of para-hydroxylation sites is 4. The van der Waals surface area contributed by atoms with Gasteiger partial charge in [0.1, 0.15) is 0 Å². The molecular formula is C51H39N3Si. The number of hydrogen-bond donors (Lipinski definition) is 0. The molecule has 0 saturated heterocycles. The Bertz CT molecular complexity index is 3280. The van der Waals surface area contributed by atoms with Crippen LogP contribution < -0.4 is 5.19 Å². The van der Waals surface area contributed by atoms with Gasteiger partial charge in [0.05, 0.1) is 41.2 Å². The zero-order valence-corrected chi connectivity index (χ0v) is 32.2. The molecular weight excluding hydrogens is 683 g/mol. The second-order valence-corrected chi connectivity index (χ2v) is 20.9. The molecule has 0 fully saturated rings. The van der Waals surface area contributed by atoms with Crippen LogP contribution in [-0.2, 0) is 0 Å². The van der Waals surface area contributed by atoms with E-state index in [-0.39, 0.29) is 0 Å². The summed E-state index contributed by atoms with van der Waals surface area (Å²) in [7, 11) is -1.40. The first-order valence-corrected chi connectivity index (χ1v) is 22.7. The maximum absolute atomic E-state index is 2.45. The first-order chi connectivity index (χ1) is 26.9. The zero-order chi connectivity index (χ0) is 36.8. The molecule has 3 heterocycles. The van der Waals surface area contributed by atoms with Gasteiger partial charge in [-0.3, -0.25) is 0 Å². The van der Waals surface area contributed by atoms with Crippen molar-refractivity contribution in [1.29, 1.82) is 0 Å². The SMILES string of the molecule is C[Si](C)(C)c1ccc(-n2c3ccccc3c3cc(-c4ccc5c6ccccc6n(-c6ccc7c8ccccc8n(-c8ccccc8)c7c6)c5c4)ccc32)cc1. The van der Waals surface area contributed by atoms with Crippen LogP contribution in [0, 0.1) is 0 Å². The van der Waals surface area contributed by atoms with Crippen molar-refractivity contribution in [2.45, 2.75) is 19.6 Å². The van der Waals surface area contributed by atoms with E-state index in [1.807, 2.05) is 0 Å². The van der Waals surface area contributed by atoms with Gasteiger partial charge >= 0.3 is 0 Å². The van der Waals surface area contributed by atoms with Crippen molar-refractivity contribution < 1.29 is 0 Å². The summed E-state index contributed by atoms with van der Waals surface area (Å²) in [6, 6.07) is 67.4. The third-order valence-corrected chi connectivity index (χ3v) is 13.7. The summed E-state index contributed by atoms with van der Waals surface area (Å²) in [5, 5.41) is 9.04. The number of nitrogens with zero attached hydrogens (tertiary/aromatic N) is 3. The molecule has 0 amide bonds. The van der Waals surface area contributed by atoms with E-state index in [0.29, 0.717) is 0 Å². The van der Waals surface area contributed by atoms with E-state index in [4.69, 9.17) is 0 Å². The molecule has 3 nitrogen and oxygen atoms in total. The average Bonchev–Trinajstić information content (AvgIpc) is 3.85. The van der Waals surface area contributed by atoms with Gasteiger partial charge in [0, 0.05) is 49.4 Å². The molecule has 0 saturated carbocycles. The third kappa shape index (κ3) is 4.88. The minimum atomic E-state index is -1.40. The van der Waals surface area contributed by atoms with Gasteiger partial charge in [0.25, 0.3) is 0 Å². The van der Waals surface area contributed by atoms with Gasteiger partial charge < -0.3 is 13.7 Å². The topological polar surface area (TPSA) is 14.8 Å². The van der Waals surface area contributed by atoms with Crippen LogP contribution >= 0.6 is 0 Å². The minimum Gasteiger partial charge on any atom is -0.309 e. The predicted molar refractivity (Wildman–Crippen MR) is 238 cm³/mol. The maximum atomic E-state index is 2.45. The quantitative estimate of drug-likeness (QED) is 0.157. The maximum Gasteiger partial charge on any atom is 0.0775 e. The summed E-state index contributed by atoms with van der Waals surface area (Å²) in [5.41, 5.74) is 13.2. The number of fused-ring (bicyclic) bond motifs is 9. The lowest BCUT2D eigenvalue weighted by atomic mass is 10.0. The molecule has 0 aliphatic rings. The standard InChI is InChI=1S/C51H39N3Si/c1-55(2,3)39-26-23-37(24-27-39)52-48-20-12-9-17-42(48)45-31-34(22-30-49(45)52)35-21-28-43-40-15-8-11-19-47(40)54(50(43)32-35)38-25-29-44-41-16-7-10-18-46(41)53(51(44)33-38)36-13-5-4-6-14-36/h4-33H,1-3H3. The van der Waals surface area contributed by atoms with Crippen molar-refractivity contribution in [3.8, 4) is 28.2 Å². The first kappa shape index (κ1) is 31.9. The highest BCUT2D eigenvalue weighted by atomic mass is 28.3. The van der Waals surface area contributed by atoms with Crippen LogP contribution in [-0.4, -0.2) is 21.8 Å². The van der Waals surface area contributed by atoms with Gasteiger partial charge in [-0.2, -0.15) is 0 Å². The van der Waals surface area contributed by atoms with Crippen molar-refractivity contribution >= 4 is 78.7 Å². The van der Waals surface area contributed by atoms with Gasteiger partial charge in [0.15, 0.2) is 0 Å². The van der Waals surface area contributed by atoms with Crippen molar-refractivity contribution in [3.05, 3.63) is 182 Å². The number of hydrogen-bond acceptors (Lipinski definition) is 0. The van der Waals surface area contributed by atoms with Gasteiger partial charge in [0.2, 0.25) is 0 Å². The summed E-state index contributed by atoms with van der Waals surface area (Å²) in [4.78, 5) is 0. The number of benzene rings is 8. The summed E-state index contributed by atoms with van der Waals surface area (Å²) in [6.07, 6.45) is 0. The molecule has 0 unspecified atom stereocenters. The van der Waals surface area contributed by atoms with Crippen LogP contribution in [0.15, 0.2) is 182 Å². The molecule has 0 aliphatic carbocycles. The summed E-state index contributed by atoms with van der Waals surface area (Å²) in [5.74, 6) is 0. The molecule has 8 aromatic carbocycles. The highest BCUT2D eigenvalue weighted by Crippen LogP contribution is 2.40. The molecule has 11 aromatic rings. The molecule has 262 valence electrons. The lowest BCUT2D eigenvalue weighted by Crippen LogP contribution is -2.37. The molecule has 0 radical (unpaired) electrons. The van der Waals surface area contributed by atoms with Crippen LogP contribution in [0.4, 0.5) is 0 Å². The largest absolute Gasteiger partial charge is 0.309 e. The van der Waals surface area contributed by atoms with Crippen molar-refractivity contribution in [2.75, 3.05) is 0 Å². The minimum absolute atomic E-state index is 1.15. The Balaban J connectivity index is 1.11. The van der Waals surface area contributed by atoms with Gasteiger partial charge in [-0.25, -0.2) is 0 Å². The number of rotatable bonds is 5. The van der Waals surface area contributed by atoms with Crippen molar-refractivity contribution in [2.24, 2.45) is 0 Å². The number of aromatic nitrogens is 3. The molecule has 0 spiro atoms. The second kappa shape index (κ2) is 11.9. The van der Waals surface area contributed by atoms with Crippen LogP contribution in [0.25, 0.3) is 93.6 Å². The van der Waals surface area contributed by atoms with E-state index in [1.165, 1.54) is 87.4 Å². The average molecular weight is 722 g/mol. The van der Waals surface area contributed by atoms with E-state index in [2.05, 4.69) is 215 Å². The van der Waals surface area contributed by atoms with E-state index in [0.717, 1.165) is 11.4 Å². The Labute approximate surface area is 320 Å². The Morgan fingerprint density at radius 3 is 1.35 bits per heavy atom. The Kier molecular flexibility index (Phi) is 6.92. The Morgan fingerprint density at radius 2 is 0.709 bits per heavy atom. The zero-order valence-electron chi connectivity index (χ0n) is 31.2. The Morgan fingerprint density at radius 1 is 0.291 bits per heavy atom. The van der Waals surface area contributed by atoms with Crippen LogP contribution in [0.1, 0.15) is 0 Å². The molecule has 55 heavy (non-hydrogen) atoms. The molecule has 4 heteroatoms. The molecule has 0 atom stereocenters. The molecule has 0 N–H and O–H groups in total. The lowest BCUT2D eigenvalue weighted by molar-refractivity contribution is 1.15. The van der Waals surface area contributed by atoms with Gasteiger partial charge in [-0.1, -0.05) is 134 Å². The molecule has 3 aromatic heterocycles. The van der Waals surface area contributed by atoms with Gasteiger partial charge in [-0.15, -0.1) is 0 Å². The van der Waals surface area contributed by atoms with E-state index in [9.17, 15) is 0 Å². The Hall–Kier alpha value is -6.62. The first-order valence-electron chi connectivity index (χ1n) is 19.2. The smallest absolute Gasteiger partial charge is 0.0775 e. The molecule has 0 bridgehead atoms. The second-order valence-electron chi connectivity index (χ2n) is 15.9. The predicted octanol–water partition coefficient (Wildman–Crippen LogP) is 13.2. The highest BCUT2D eigenvalue weighted by Gasteiger charge is 2.20. The van der Waals surface area contributed by atoms with Crippen LogP contribution in [0.2, 0.25) is 19.6 Å². The van der Waals surface area contributed by atoms with Crippen molar-refractivity contribution in [3.63, 3.8) is 0 Å². The molecule has 11 rings (SSSR count). The fourth-order valence-corrected chi connectivity index (χ4v) is 10.1. The van der Waals surface area contributed by atoms with E-state index < -0.39 is 8.07 Å². The summed E-state index contributed by atoms with van der Waals surface area (Å²) < 4.78 is 7.28. The van der Waals surface area contributed by atoms with Crippen molar-refractivity contribution in [1.82, 2.24) is 13.7 Å². The summed E-state index contributed by atoms with van der Waals surface area (Å²) >= 11 is 0.